The molecule has 0 spiro atoms. The first-order valence-corrected chi connectivity index (χ1v) is 9.66. The Bertz CT molecular complexity index is 1070. The third-order valence-corrected chi connectivity index (χ3v) is 5.75. The van der Waals surface area contributed by atoms with Crippen molar-refractivity contribution < 1.29 is 0 Å². The van der Waals surface area contributed by atoms with Crippen LogP contribution in [0.15, 0.2) is 29.3 Å². The van der Waals surface area contributed by atoms with Gasteiger partial charge in [0.05, 0.1) is 25.5 Å². The molecule has 3 aromatic rings. The molecule has 0 saturated heterocycles. The maximum absolute atomic E-state index is 13.1. The van der Waals surface area contributed by atoms with Crippen LogP contribution in [0.1, 0.15) is 37.7 Å². The first-order chi connectivity index (χ1) is 12.5. The topological polar surface area (TPSA) is 98.7 Å². The van der Waals surface area contributed by atoms with Crippen LogP contribution in [0.4, 0.5) is 11.6 Å². The Morgan fingerprint density at radius 3 is 2.88 bits per heavy atom. The van der Waals surface area contributed by atoms with Crippen LogP contribution in [0.25, 0.3) is 10.9 Å². The fourth-order valence-electron chi connectivity index (χ4n) is 2.96. The molecule has 2 aromatic heterocycles. The van der Waals surface area contributed by atoms with E-state index in [1.807, 2.05) is 13.0 Å². The summed E-state index contributed by atoms with van der Waals surface area (Å²) in [4.78, 5) is 26.1. The molecule has 9 heteroatoms. The highest BCUT2D eigenvalue weighted by molar-refractivity contribution is 14.1. The summed E-state index contributed by atoms with van der Waals surface area (Å²) in [5.41, 5.74) is 6.36. The highest BCUT2D eigenvalue weighted by Crippen LogP contribution is 2.37. The second-order valence-electron chi connectivity index (χ2n) is 6.30. The van der Waals surface area contributed by atoms with Gasteiger partial charge in [0.1, 0.15) is 23.8 Å². The summed E-state index contributed by atoms with van der Waals surface area (Å²) in [5.74, 6) is 1.70. The molecule has 0 radical (unpaired) electrons. The Hall–Kier alpha value is -1.94. The van der Waals surface area contributed by atoms with Crippen molar-refractivity contribution in [3.05, 3.63) is 49.3 Å². The molecule has 1 saturated carbocycles. The van der Waals surface area contributed by atoms with E-state index in [4.69, 9.17) is 22.3 Å². The summed E-state index contributed by atoms with van der Waals surface area (Å²) in [6.07, 6.45) is 3.35. The zero-order chi connectivity index (χ0) is 18.4. The van der Waals surface area contributed by atoms with Gasteiger partial charge in [-0.15, -0.1) is 0 Å². The minimum atomic E-state index is -0.241. The van der Waals surface area contributed by atoms with Gasteiger partial charge in [0, 0.05) is 6.04 Å². The third kappa shape index (κ3) is 3.01. The average Bonchev–Trinajstić information content (AvgIpc) is 3.43. The van der Waals surface area contributed by atoms with Crippen LogP contribution in [0.5, 0.6) is 0 Å². The molecule has 26 heavy (non-hydrogen) atoms. The number of aromatic nitrogens is 4. The molecule has 1 aliphatic carbocycles. The Morgan fingerprint density at radius 2 is 2.15 bits per heavy atom. The molecule has 7 nitrogen and oxygen atoms in total. The van der Waals surface area contributed by atoms with Gasteiger partial charge in [-0.2, -0.15) is 0 Å². The summed E-state index contributed by atoms with van der Waals surface area (Å²) < 4.78 is 2.50. The lowest BCUT2D eigenvalue weighted by atomic mass is 10.2. The van der Waals surface area contributed by atoms with E-state index in [0.717, 1.165) is 16.4 Å². The Labute approximate surface area is 168 Å². The van der Waals surface area contributed by atoms with Gasteiger partial charge < -0.3 is 11.1 Å². The van der Waals surface area contributed by atoms with Gasteiger partial charge in [-0.3, -0.25) is 9.36 Å². The summed E-state index contributed by atoms with van der Waals surface area (Å²) >= 11 is 8.36. The lowest BCUT2D eigenvalue weighted by molar-refractivity contribution is 0.609. The SMILES string of the molecule is C[C@H](Nc1ncnc(N)c1I)c1nc2cccc(Cl)c2c(=O)n1C1CC1. The second kappa shape index (κ2) is 6.66. The number of benzene rings is 1. The van der Waals surface area contributed by atoms with Gasteiger partial charge in [-0.05, 0) is 54.5 Å². The van der Waals surface area contributed by atoms with Gasteiger partial charge in [0.2, 0.25) is 0 Å². The van der Waals surface area contributed by atoms with Crippen LogP contribution in [0.3, 0.4) is 0 Å². The first-order valence-electron chi connectivity index (χ1n) is 8.20. The number of nitrogens with one attached hydrogen (secondary N) is 1. The molecule has 2 heterocycles. The molecule has 1 fully saturated rings. The molecule has 0 unspecified atom stereocenters. The van der Waals surface area contributed by atoms with Crippen LogP contribution >= 0.6 is 34.2 Å². The Kier molecular flexibility index (Phi) is 4.47. The van der Waals surface area contributed by atoms with Gasteiger partial charge in [0.25, 0.3) is 5.56 Å². The molecule has 0 aliphatic heterocycles. The van der Waals surface area contributed by atoms with Gasteiger partial charge in [0.15, 0.2) is 0 Å². The van der Waals surface area contributed by atoms with Crippen molar-refractivity contribution in [1.82, 2.24) is 19.5 Å². The number of nitrogens with zero attached hydrogens (tertiary/aromatic N) is 4. The molecule has 1 atom stereocenters. The molecular weight excluding hydrogens is 467 g/mol. The summed E-state index contributed by atoms with van der Waals surface area (Å²) in [5, 5.41) is 4.20. The second-order valence-corrected chi connectivity index (χ2v) is 7.78. The predicted molar refractivity (Wildman–Crippen MR) is 110 cm³/mol. The Morgan fingerprint density at radius 1 is 1.38 bits per heavy atom. The van der Waals surface area contributed by atoms with Crippen molar-refractivity contribution in [2.75, 3.05) is 11.1 Å². The van der Waals surface area contributed by atoms with Crippen LogP contribution < -0.4 is 16.6 Å². The summed E-state index contributed by atoms with van der Waals surface area (Å²) in [6.45, 7) is 1.95. The van der Waals surface area contributed by atoms with E-state index in [2.05, 4.69) is 37.9 Å². The molecule has 0 amide bonds. The largest absolute Gasteiger partial charge is 0.383 e. The zero-order valence-corrected chi connectivity index (χ0v) is 16.8. The number of hydrogen-bond donors (Lipinski definition) is 2. The van der Waals surface area contributed by atoms with Gasteiger partial charge in [-0.25, -0.2) is 15.0 Å². The fourth-order valence-corrected chi connectivity index (χ4v) is 3.65. The van der Waals surface area contributed by atoms with Crippen molar-refractivity contribution >= 4 is 56.7 Å². The Balaban J connectivity index is 1.84. The third-order valence-electron chi connectivity index (χ3n) is 4.38. The molecule has 1 aliphatic rings. The fraction of sp³-hybridized carbons (Fsp3) is 0.294. The maximum Gasteiger partial charge on any atom is 0.263 e. The molecule has 134 valence electrons. The molecule has 0 bridgehead atoms. The van der Waals surface area contributed by atoms with Crippen molar-refractivity contribution in [3.8, 4) is 0 Å². The van der Waals surface area contributed by atoms with Crippen molar-refractivity contribution in [2.45, 2.75) is 31.8 Å². The van der Waals surface area contributed by atoms with Crippen LogP contribution in [-0.4, -0.2) is 19.5 Å². The van der Waals surface area contributed by atoms with Crippen LogP contribution in [-0.2, 0) is 0 Å². The van der Waals surface area contributed by atoms with E-state index in [1.165, 1.54) is 6.33 Å². The van der Waals surface area contributed by atoms with E-state index in [0.29, 0.717) is 33.4 Å². The highest BCUT2D eigenvalue weighted by atomic mass is 127. The molecular formula is C17H16ClIN6O. The highest BCUT2D eigenvalue weighted by Gasteiger charge is 2.30. The lowest BCUT2D eigenvalue weighted by Gasteiger charge is -2.20. The number of nitrogens with two attached hydrogens (primary N) is 1. The molecule has 1 aromatic carbocycles. The van der Waals surface area contributed by atoms with Crippen molar-refractivity contribution in [1.29, 1.82) is 0 Å². The average molecular weight is 483 g/mol. The lowest BCUT2D eigenvalue weighted by Crippen LogP contribution is -2.28. The van der Waals surface area contributed by atoms with E-state index < -0.39 is 0 Å². The number of nitrogen functional groups attached to an aromatic ring is 1. The van der Waals surface area contributed by atoms with Crippen LogP contribution in [0.2, 0.25) is 5.02 Å². The zero-order valence-electron chi connectivity index (χ0n) is 13.9. The first kappa shape index (κ1) is 17.5. The standard InChI is InChI=1S/C17H16ClIN6O/c1-8(23-15-13(19)14(20)21-7-22-15)16-24-11-4-2-3-10(18)12(11)17(26)25(16)9-5-6-9/h2-4,7-9H,5-6H2,1H3,(H3,20,21,22,23)/t8-/m0/s1. The van der Waals surface area contributed by atoms with E-state index >= 15 is 0 Å². The number of halogens is 2. The smallest absolute Gasteiger partial charge is 0.263 e. The summed E-state index contributed by atoms with van der Waals surface area (Å²) in [7, 11) is 0. The minimum absolute atomic E-state index is 0.0938. The van der Waals surface area contributed by atoms with Crippen LogP contribution in [0, 0.1) is 3.57 Å². The number of fused-ring (bicyclic) bond motifs is 1. The molecule has 4 rings (SSSR count). The number of rotatable bonds is 4. The van der Waals surface area contributed by atoms with E-state index in [9.17, 15) is 4.79 Å². The van der Waals surface area contributed by atoms with E-state index in [1.54, 1.807) is 16.7 Å². The quantitative estimate of drug-likeness (QED) is 0.552. The van der Waals surface area contributed by atoms with Crippen molar-refractivity contribution in [3.63, 3.8) is 0 Å². The monoisotopic (exact) mass is 482 g/mol. The number of anilines is 2. The number of hydrogen-bond acceptors (Lipinski definition) is 6. The van der Waals surface area contributed by atoms with Crippen molar-refractivity contribution in [2.24, 2.45) is 0 Å². The summed E-state index contributed by atoms with van der Waals surface area (Å²) in [6, 6.07) is 5.26. The minimum Gasteiger partial charge on any atom is -0.383 e. The molecule has 3 N–H and O–H groups in total. The van der Waals surface area contributed by atoms with E-state index in [-0.39, 0.29) is 17.6 Å². The van der Waals surface area contributed by atoms with Gasteiger partial charge >= 0.3 is 0 Å². The normalized spacial score (nSPS) is 15.2. The maximum atomic E-state index is 13.1. The predicted octanol–water partition coefficient (Wildman–Crippen LogP) is 3.53. The van der Waals surface area contributed by atoms with Gasteiger partial charge in [-0.1, -0.05) is 17.7 Å².